The molecule has 1 N–H and O–H groups in total. The van der Waals surface area contributed by atoms with Crippen LogP contribution in [0.1, 0.15) is 21.5 Å². The number of rotatable bonds is 6. The van der Waals surface area contributed by atoms with Crippen LogP contribution in [0.3, 0.4) is 0 Å². The summed E-state index contributed by atoms with van der Waals surface area (Å²) in [6.07, 6.45) is 4.39. The Morgan fingerprint density at radius 2 is 1.88 bits per heavy atom. The molecule has 2 aromatic carbocycles. The molecule has 0 saturated carbocycles. The summed E-state index contributed by atoms with van der Waals surface area (Å²) in [6.45, 7) is 1.69. The van der Waals surface area contributed by atoms with Crippen LogP contribution in [0.4, 0.5) is 5.69 Å². The molecule has 0 spiro atoms. The Morgan fingerprint density at radius 3 is 2.61 bits per heavy atom. The van der Waals surface area contributed by atoms with Crippen molar-refractivity contribution in [1.82, 2.24) is 9.55 Å². The number of hydrogen-bond donors (Lipinski definition) is 1. The molecule has 0 unspecified atom stereocenters. The number of nitrogens with one attached hydrogen (secondary N) is 1. The van der Waals surface area contributed by atoms with Gasteiger partial charge in [-0.1, -0.05) is 17.7 Å². The van der Waals surface area contributed by atoms with E-state index >= 15 is 0 Å². The quantitative estimate of drug-likeness (QED) is 0.434. The summed E-state index contributed by atoms with van der Waals surface area (Å²) in [5, 5.41) is 3.66. The Balaban J connectivity index is 1.79. The van der Waals surface area contributed by atoms with Crippen LogP contribution in [0.5, 0.6) is 5.75 Å². The van der Waals surface area contributed by atoms with E-state index < -0.39 is 11.2 Å². The highest BCUT2D eigenvalue weighted by molar-refractivity contribution is 6.31. The van der Waals surface area contributed by atoms with Gasteiger partial charge < -0.3 is 14.6 Å². The third-order valence-electron chi connectivity index (χ3n) is 5.33. The molecule has 0 aliphatic heterocycles. The number of carbonyl (C=O) groups is 2. The van der Waals surface area contributed by atoms with Gasteiger partial charge in [-0.25, -0.2) is 0 Å². The van der Waals surface area contributed by atoms with E-state index in [2.05, 4.69) is 10.3 Å². The van der Waals surface area contributed by atoms with Crippen LogP contribution in [-0.2, 0) is 11.3 Å². The number of hydrogen-bond acceptors (Lipinski definition) is 5. The zero-order valence-corrected chi connectivity index (χ0v) is 18.7. The van der Waals surface area contributed by atoms with Crippen LogP contribution < -0.4 is 15.5 Å². The Morgan fingerprint density at radius 1 is 1.12 bits per heavy atom. The molecule has 0 aliphatic rings. The number of methoxy groups -OCH3 is 1. The second-order valence-corrected chi connectivity index (χ2v) is 7.82. The Labute approximate surface area is 194 Å². The van der Waals surface area contributed by atoms with Gasteiger partial charge in [0, 0.05) is 34.9 Å². The summed E-state index contributed by atoms with van der Waals surface area (Å²) in [6, 6.07) is 13.3. The van der Waals surface area contributed by atoms with Gasteiger partial charge in [0.1, 0.15) is 12.3 Å². The molecule has 2 aromatic heterocycles. The zero-order valence-electron chi connectivity index (χ0n) is 18.0. The minimum absolute atomic E-state index is 0.0475. The molecule has 0 radical (unpaired) electrons. The number of ketones is 1. The summed E-state index contributed by atoms with van der Waals surface area (Å²) in [7, 11) is 1.49. The van der Waals surface area contributed by atoms with Crippen molar-refractivity contribution in [1.29, 1.82) is 0 Å². The van der Waals surface area contributed by atoms with E-state index in [1.165, 1.54) is 37.8 Å². The van der Waals surface area contributed by atoms with E-state index in [4.69, 9.17) is 16.3 Å². The molecular weight excluding hydrogens is 442 g/mol. The zero-order chi connectivity index (χ0) is 23.5. The van der Waals surface area contributed by atoms with Crippen LogP contribution in [-0.4, -0.2) is 28.4 Å². The topological polar surface area (TPSA) is 90.3 Å². The average Bonchev–Trinajstić information content (AvgIpc) is 2.83. The monoisotopic (exact) mass is 461 g/mol. The molecule has 166 valence electrons. The molecule has 4 rings (SSSR count). The summed E-state index contributed by atoms with van der Waals surface area (Å²) in [5.74, 6) is -0.311. The van der Waals surface area contributed by atoms with Gasteiger partial charge in [0.2, 0.25) is 11.3 Å². The molecule has 4 aromatic rings. The lowest BCUT2D eigenvalue weighted by Crippen LogP contribution is -2.24. The van der Waals surface area contributed by atoms with Gasteiger partial charge in [0.15, 0.2) is 5.78 Å². The highest BCUT2D eigenvalue weighted by Gasteiger charge is 2.19. The fourth-order valence-electron chi connectivity index (χ4n) is 3.54. The standard InChI is InChI=1S/C25H20ClN3O4/c1-15-20(26)4-3-5-21(15)28-23(30)14-29-13-19(24(31)16-8-10-27-11-9-16)25(32)18-12-17(33-2)6-7-22(18)29/h3-13H,14H2,1-2H3,(H,28,30). The maximum absolute atomic E-state index is 13.2. The number of ether oxygens (including phenoxy) is 1. The fourth-order valence-corrected chi connectivity index (χ4v) is 3.72. The third kappa shape index (κ3) is 4.49. The van der Waals surface area contributed by atoms with E-state index in [-0.39, 0.29) is 23.4 Å². The lowest BCUT2D eigenvalue weighted by molar-refractivity contribution is -0.116. The summed E-state index contributed by atoms with van der Waals surface area (Å²) < 4.78 is 6.84. The molecule has 7 nitrogen and oxygen atoms in total. The predicted molar refractivity (Wildman–Crippen MR) is 127 cm³/mol. The minimum atomic E-state index is -0.452. The van der Waals surface area contributed by atoms with Gasteiger partial charge in [-0.2, -0.15) is 0 Å². The van der Waals surface area contributed by atoms with Crippen molar-refractivity contribution in [3.05, 3.63) is 99.1 Å². The number of anilines is 1. The van der Waals surface area contributed by atoms with E-state index in [0.717, 1.165) is 5.56 Å². The number of amides is 1. The Bertz CT molecular complexity index is 1430. The van der Waals surface area contributed by atoms with Gasteiger partial charge >= 0.3 is 0 Å². The molecule has 2 heterocycles. The molecule has 0 atom stereocenters. The van der Waals surface area contributed by atoms with E-state index in [9.17, 15) is 14.4 Å². The summed E-state index contributed by atoms with van der Waals surface area (Å²) in [5.41, 5.74) is 1.69. The number of fused-ring (bicyclic) bond motifs is 1. The first-order valence-corrected chi connectivity index (χ1v) is 10.5. The van der Waals surface area contributed by atoms with Crippen molar-refractivity contribution in [2.75, 3.05) is 12.4 Å². The van der Waals surface area contributed by atoms with Crippen LogP contribution in [0, 0.1) is 6.92 Å². The second kappa shape index (κ2) is 9.26. The van der Waals surface area contributed by atoms with E-state index in [1.807, 2.05) is 6.92 Å². The normalized spacial score (nSPS) is 10.8. The van der Waals surface area contributed by atoms with Gasteiger partial charge in [0.25, 0.3) is 0 Å². The van der Waals surface area contributed by atoms with E-state index in [1.54, 1.807) is 41.0 Å². The van der Waals surface area contributed by atoms with Crippen molar-refractivity contribution in [3.63, 3.8) is 0 Å². The minimum Gasteiger partial charge on any atom is -0.497 e. The fraction of sp³-hybridized carbons (Fsp3) is 0.120. The van der Waals surface area contributed by atoms with Crippen molar-refractivity contribution >= 4 is 39.9 Å². The van der Waals surface area contributed by atoms with Crippen molar-refractivity contribution < 1.29 is 14.3 Å². The molecule has 0 aliphatic carbocycles. The summed E-state index contributed by atoms with van der Waals surface area (Å²) in [4.78, 5) is 43.1. The predicted octanol–water partition coefficient (Wildman–Crippen LogP) is 4.24. The third-order valence-corrected chi connectivity index (χ3v) is 5.74. The number of aromatic nitrogens is 2. The van der Waals surface area contributed by atoms with Crippen LogP contribution in [0.2, 0.25) is 5.02 Å². The average molecular weight is 462 g/mol. The number of nitrogens with zero attached hydrogens (tertiary/aromatic N) is 2. The SMILES string of the molecule is COc1ccc2c(c1)c(=O)c(C(=O)c1ccncc1)cn2CC(=O)Nc1cccc(Cl)c1C. The lowest BCUT2D eigenvalue weighted by Gasteiger charge is -2.15. The van der Waals surface area contributed by atoms with Gasteiger partial charge in [-0.05, 0) is 55.0 Å². The molecule has 0 bridgehead atoms. The van der Waals surface area contributed by atoms with Crippen LogP contribution in [0.15, 0.2) is 71.9 Å². The lowest BCUT2D eigenvalue weighted by atomic mass is 10.0. The maximum Gasteiger partial charge on any atom is 0.244 e. The molecule has 8 heteroatoms. The number of benzene rings is 2. The molecule has 0 fully saturated rings. The van der Waals surface area contributed by atoms with Crippen molar-refractivity contribution in [2.24, 2.45) is 0 Å². The van der Waals surface area contributed by atoms with Crippen LogP contribution >= 0.6 is 11.6 Å². The Hall–Kier alpha value is -3.97. The van der Waals surface area contributed by atoms with Gasteiger partial charge in [0.05, 0.1) is 23.6 Å². The van der Waals surface area contributed by atoms with Crippen molar-refractivity contribution in [3.8, 4) is 5.75 Å². The number of halogens is 1. The maximum atomic E-state index is 13.2. The summed E-state index contributed by atoms with van der Waals surface area (Å²) >= 11 is 6.15. The van der Waals surface area contributed by atoms with E-state index in [0.29, 0.717) is 27.5 Å². The Kier molecular flexibility index (Phi) is 6.24. The molecule has 1 amide bonds. The number of pyridine rings is 2. The van der Waals surface area contributed by atoms with Gasteiger partial charge in [-0.15, -0.1) is 0 Å². The highest BCUT2D eigenvalue weighted by atomic mass is 35.5. The van der Waals surface area contributed by atoms with Crippen LogP contribution in [0.25, 0.3) is 10.9 Å². The highest BCUT2D eigenvalue weighted by Crippen LogP contribution is 2.24. The van der Waals surface area contributed by atoms with Crippen molar-refractivity contribution in [2.45, 2.75) is 13.5 Å². The number of carbonyl (C=O) groups excluding carboxylic acids is 2. The second-order valence-electron chi connectivity index (χ2n) is 7.41. The largest absolute Gasteiger partial charge is 0.497 e. The first kappa shape index (κ1) is 22.2. The molecule has 0 saturated heterocycles. The van der Waals surface area contributed by atoms with Gasteiger partial charge in [-0.3, -0.25) is 19.4 Å². The first-order chi connectivity index (χ1) is 15.9. The molecule has 33 heavy (non-hydrogen) atoms. The first-order valence-electron chi connectivity index (χ1n) is 10.1. The molecular formula is C25H20ClN3O4. The smallest absolute Gasteiger partial charge is 0.244 e.